The predicted octanol–water partition coefficient (Wildman–Crippen LogP) is 1.18. The number of nitrogens with zero attached hydrogens (tertiary/aromatic N) is 7. The molecule has 0 saturated carbocycles. The zero-order chi connectivity index (χ0) is 21.3. The van der Waals surface area contributed by atoms with Crippen LogP contribution in [0.15, 0.2) is 4.99 Å². The van der Waals surface area contributed by atoms with Crippen LogP contribution in [0.1, 0.15) is 31.9 Å². The molecule has 9 nitrogen and oxygen atoms in total. The molecule has 2 aliphatic heterocycles. The first-order valence-electron chi connectivity index (χ1n) is 11.4. The highest BCUT2D eigenvalue weighted by atomic mass is 127. The Morgan fingerprint density at radius 2 is 1.77 bits per heavy atom. The molecule has 1 aromatic heterocycles. The Hall–Kier alpha value is -0.980. The van der Waals surface area contributed by atoms with E-state index in [9.17, 15) is 0 Å². The molecule has 0 radical (unpaired) electrons. The van der Waals surface area contributed by atoms with Gasteiger partial charge in [0.2, 0.25) is 0 Å². The normalized spacial score (nSPS) is 19.0. The highest BCUT2D eigenvalue weighted by Crippen LogP contribution is 2.07. The third-order valence-electron chi connectivity index (χ3n) is 5.89. The molecule has 2 saturated heterocycles. The molecule has 2 fully saturated rings. The Kier molecular flexibility index (Phi) is 11.5. The molecule has 0 unspecified atom stereocenters. The lowest BCUT2D eigenvalue weighted by Crippen LogP contribution is -2.53. The SMILES string of the molecule is Cc1nnc(CN=C(NCCCN2CCOCC2)N2CCN(CC(C)C)CC2)n1C.I. The van der Waals surface area contributed by atoms with E-state index in [1.54, 1.807) is 0 Å². The first-order valence-corrected chi connectivity index (χ1v) is 11.4. The number of piperazine rings is 1. The number of aromatic nitrogens is 3. The second kappa shape index (κ2) is 13.5. The Morgan fingerprint density at radius 3 is 2.39 bits per heavy atom. The van der Waals surface area contributed by atoms with Gasteiger partial charge in [0.1, 0.15) is 12.4 Å². The molecule has 1 aromatic rings. The van der Waals surface area contributed by atoms with Gasteiger partial charge >= 0.3 is 0 Å². The molecule has 1 N–H and O–H groups in total. The third kappa shape index (κ3) is 8.47. The monoisotopic (exact) mass is 548 g/mol. The van der Waals surface area contributed by atoms with Gasteiger partial charge in [-0.25, -0.2) is 4.99 Å². The maximum atomic E-state index is 5.44. The quantitative estimate of drug-likeness (QED) is 0.227. The fourth-order valence-corrected chi connectivity index (χ4v) is 3.99. The van der Waals surface area contributed by atoms with Crippen molar-refractivity contribution in [3.63, 3.8) is 0 Å². The molecule has 0 spiro atoms. The number of hydrogen-bond acceptors (Lipinski definition) is 6. The molecule has 0 aliphatic carbocycles. The molecule has 0 atom stereocenters. The zero-order valence-corrected chi connectivity index (χ0v) is 22.0. The molecule has 10 heteroatoms. The van der Waals surface area contributed by atoms with Crippen LogP contribution in [0.25, 0.3) is 0 Å². The highest BCUT2D eigenvalue weighted by molar-refractivity contribution is 14.0. The fourth-order valence-electron chi connectivity index (χ4n) is 3.99. The number of nitrogens with one attached hydrogen (secondary N) is 1. The zero-order valence-electron chi connectivity index (χ0n) is 19.7. The number of guanidine groups is 1. The molecule has 3 rings (SSSR count). The summed E-state index contributed by atoms with van der Waals surface area (Å²) in [6.07, 6.45) is 1.11. The lowest BCUT2D eigenvalue weighted by molar-refractivity contribution is 0.0375. The predicted molar refractivity (Wildman–Crippen MR) is 135 cm³/mol. The van der Waals surface area contributed by atoms with E-state index < -0.39 is 0 Å². The molecule has 0 aromatic carbocycles. The number of hydrogen-bond donors (Lipinski definition) is 1. The summed E-state index contributed by atoms with van der Waals surface area (Å²) in [5.41, 5.74) is 0. The van der Waals surface area contributed by atoms with E-state index in [1.807, 2.05) is 18.5 Å². The van der Waals surface area contributed by atoms with Gasteiger partial charge in [-0.2, -0.15) is 0 Å². The highest BCUT2D eigenvalue weighted by Gasteiger charge is 2.20. The molecule has 2 aliphatic rings. The number of ether oxygens (including phenoxy) is 1. The summed E-state index contributed by atoms with van der Waals surface area (Å²) in [4.78, 5) is 12.4. The van der Waals surface area contributed by atoms with Crippen molar-refractivity contribution in [2.45, 2.75) is 33.7 Å². The van der Waals surface area contributed by atoms with Crippen molar-refractivity contribution in [3.05, 3.63) is 11.6 Å². The lowest BCUT2D eigenvalue weighted by atomic mass is 10.2. The molecule has 31 heavy (non-hydrogen) atoms. The Balaban J connectivity index is 0.00000341. The summed E-state index contributed by atoms with van der Waals surface area (Å²) in [5, 5.41) is 12.0. The summed E-state index contributed by atoms with van der Waals surface area (Å²) in [7, 11) is 2.00. The average Bonchev–Trinajstić information content (AvgIpc) is 3.06. The standard InChI is InChI=1S/C21H40N8O.HI/c1-18(2)17-28-8-10-29(11-9-28)21(23-16-20-25-24-19(3)26(20)4)22-6-5-7-27-12-14-30-15-13-27;/h18H,5-17H2,1-4H3,(H,22,23);1H. The van der Waals surface area contributed by atoms with Crippen LogP contribution in [0.3, 0.4) is 0 Å². The number of aliphatic imine (C=N–C) groups is 1. The second-order valence-corrected chi connectivity index (χ2v) is 8.78. The Labute approximate surface area is 204 Å². The first-order chi connectivity index (χ1) is 14.5. The molecular formula is C21H41IN8O. The third-order valence-corrected chi connectivity index (χ3v) is 5.89. The smallest absolute Gasteiger partial charge is 0.194 e. The van der Waals surface area contributed by atoms with E-state index in [0.717, 1.165) is 89.6 Å². The van der Waals surface area contributed by atoms with Crippen LogP contribution in [0.2, 0.25) is 0 Å². The van der Waals surface area contributed by atoms with E-state index in [0.29, 0.717) is 12.5 Å². The minimum Gasteiger partial charge on any atom is -0.379 e. The van der Waals surface area contributed by atoms with Gasteiger partial charge in [-0.15, -0.1) is 34.2 Å². The van der Waals surface area contributed by atoms with Crippen molar-refractivity contribution < 1.29 is 4.74 Å². The summed E-state index contributed by atoms with van der Waals surface area (Å²) >= 11 is 0. The van der Waals surface area contributed by atoms with Crippen LogP contribution in [-0.2, 0) is 18.3 Å². The van der Waals surface area contributed by atoms with Crippen LogP contribution in [-0.4, -0.2) is 108 Å². The topological polar surface area (TPSA) is 74.0 Å². The van der Waals surface area contributed by atoms with Crippen molar-refractivity contribution in [2.24, 2.45) is 18.0 Å². The summed E-state index contributed by atoms with van der Waals surface area (Å²) in [6.45, 7) is 18.3. The molecule has 3 heterocycles. The molecule has 0 bridgehead atoms. The van der Waals surface area contributed by atoms with Crippen molar-refractivity contribution in [3.8, 4) is 0 Å². The van der Waals surface area contributed by atoms with Crippen molar-refractivity contribution >= 4 is 29.9 Å². The van der Waals surface area contributed by atoms with E-state index in [1.165, 1.54) is 6.54 Å². The summed E-state index contributed by atoms with van der Waals surface area (Å²) in [6, 6.07) is 0. The van der Waals surface area contributed by atoms with E-state index in [-0.39, 0.29) is 24.0 Å². The maximum Gasteiger partial charge on any atom is 0.194 e. The molecule has 0 amide bonds. The van der Waals surface area contributed by atoms with Gasteiger partial charge in [0.05, 0.1) is 13.2 Å². The van der Waals surface area contributed by atoms with Crippen molar-refractivity contribution in [1.29, 1.82) is 0 Å². The minimum atomic E-state index is 0. The largest absolute Gasteiger partial charge is 0.379 e. The van der Waals surface area contributed by atoms with Gasteiger partial charge in [0.25, 0.3) is 0 Å². The first kappa shape index (κ1) is 26.3. The number of aryl methyl sites for hydroxylation is 1. The van der Waals surface area contributed by atoms with Gasteiger partial charge in [-0.05, 0) is 25.8 Å². The van der Waals surface area contributed by atoms with Crippen molar-refractivity contribution in [2.75, 3.05) is 72.1 Å². The number of rotatable bonds is 8. The van der Waals surface area contributed by atoms with Crippen LogP contribution in [0.5, 0.6) is 0 Å². The van der Waals surface area contributed by atoms with Crippen LogP contribution < -0.4 is 5.32 Å². The van der Waals surface area contributed by atoms with Gasteiger partial charge in [0.15, 0.2) is 11.8 Å². The lowest BCUT2D eigenvalue weighted by Gasteiger charge is -2.37. The van der Waals surface area contributed by atoms with E-state index >= 15 is 0 Å². The Bertz CT molecular complexity index is 666. The Morgan fingerprint density at radius 1 is 1.06 bits per heavy atom. The summed E-state index contributed by atoms with van der Waals surface area (Å²) < 4.78 is 7.46. The maximum absolute atomic E-state index is 5.44. The van der Waals surface area contributed by atoms with Crippen molar-refractivity contribution in [1.82, 2.24) is 34.8 Å². The van der Waals surface area contributed by atoms with E-state index in [4.69, 9.17) is 9.73 Å². The van der Waals surface area contributed by atoms with Crippen LogP contribution in [0.4, 0.5) is 0 Å². The van der Waals surface area contributed by atoms with Gasteiger partial charge < -0.3 is 19.5 Å². The van der Waals surface area contributed by atoms with E-state index in [2.05, 4.69) is 44.1 Å². The number of morpholine rings is 1. The minimum absolute atomic E-state index is 0. The van der Waals surface area contributed by atoms with Gasteiger partial charge in [-0.3, -0.25) is 9.80 Å². The van der Waals surface area contributed by atoms with Gasteiger partial charge in [0, 0.05) is 59.4 Å². The van der Waals surface area contributed by atoms with Crippen LogP contribution in [0, 0.1) is 12.8 Å². The second-order valence-electron chi connectivity index (χ2n) is 8.78. The molecular weight excluding hydrogens is 507 g/mol. The number of halogens is 1. The van der Waals surface area contributed by atoms with Crippen LogP contribution >= 0.6 is 24.0 Å². The average molecular weight is 549 g/mol. The molecule has 178 valence electrons. The fraction of sp³-hybridized carbons (Fsp3) is 0.857. The summed E-state index contributed by atoms with van der Waals surface area (Å²) in [5.74, 6) is 3.53. The van der Waals surface area contributed by atoms with Gasteiger partial charge in [-0.1, -0.05) is 13.8 Å².